The molecule has 0 atom stereocenters. The first kappa shape index (κ1) is 16.0. The highest BCUT2D eigenvalue weighted by molar-refractivity contribution is 7.10. The number of hydrogen-bond donors (Lipinski definition) is 2. The fraction of sp³-hybridized carbons (Fsp3) is 0.600. The highest BCUT2D eigenvalue weighted by Gasteiger charge is 2.21. The van der Waals surface area contributed by atoms with Crippen LogP contribution in [0.25, 0.3) is 0 Å². The predicted octanol–water partition coefficient (Wildman–Crippen LogP) is 1.14. The van der Waals surface area contributed by atoms with Gasteiger partial charge >= 0.3 is 0 Å². The quantitative estimate of drug-likeness (QED) is 0.743. The second-order valence-corrected chi connectivity index (χ2v) is 6.14. The van der Waals surface area contributed by atoms with E-state index in [1.165, 1.54) is 10.4 Å². The minimum absolute atomic E-state index is 0.0468. The molecule has 0 radical (unpaired) electrons. The molecule has 1 aliphatic heterocycles. The van der Waals surface area contributed by atoms with Crippen LogP contribution in [0.4, 0.5) is 0 Å². The lowest BCUT2D eigenvalue weighted by Crippen LogP contribution is -2.36. The van der Waals surface area contributed by atoms with E-state index in [4.69, 9.17) is 0 Å². The average Bonchev–Trinajstić information content (AvgIpc) is 2.96. The maximum Gasteiger partial charge on any atom is 0.223 e. The largest absolute Gasteiger partial charge is 0.355 e. The van der Waals surface area contributed by atoms with E-state index in [1.54, 1.807) is 11.3 Å². The van der Waals surface area contributed by atoms with Crippen molar-refractivity contribution in [1.29, 1.82) is 0 Å². The van der Waals surface area contributed by atoms with Crippen LogP contribution in [0.2, 0.25) is 0 Å². The first-order valence-corrected chi connectivity index (χ1v) is 8.39. The molecule has 2 heterocycles. The Morgan fingerprint density at radius 2 is 2.19 bits per heavy atom. The van der Waals surface area contributed by atoms with Crippen molar-refractivity contribution >= 4 is 23.2 Å². The monoisotopic (exact) mass is 309 g/mol. The van der Waals surface area contributed by atoms with E-state index in [2.05, 4.69) is 22.1 Å². The fourth-order valence-electron chi connectivity index (χ4n) is 2.40. The fourth-order valence-corrected chi connectivity index (χ4v) is 3.29. The Kier molecular flexibility index (Phi) is 6.20. The first-order valence-electron chi connectivity index (χ1n) is 7.51. The van der Waals surface area contributed by atoms with Gasteiger partial charge < -0.3 is 15.5 Å². The molecule has 0 aliphatic carbocycles. The molecule has 0 unspecified atom stereocenters. The van der Waals surface area contributed by atoms with E-state index >= 15 is 0 Å². The van der Waals surface area contributed by atoms with E-state index in [0.717, 1.165) is 26.1 Å². The van der Waals surface area contributed by atoms with Gasteiger partial charge in [0, 0.05) is 43.9 Å². The van der Waals surface area contributed by atoms with Gasteiger partial charge in [0.2, 0.25) is 11.8 Å². The summed E-state index contributed by atoms with van der Waals surface area (Å²) in [7, 11) is 0. The maximum absolute atomic E-state index is 12.1. The molecule has 2 rings (SSSR count). The van der Waals surface area contributed by atoms with Crippen molar-refractivity contribution < 1.29 is 9.59 Å². The number of likely N-dealkylation sites (N-methyl/N-ethyl adjacent to an activating group) is 1. The van der Waals surface area contributed by atoms with Crippen molar-refractivity contribution in [2.24, 2.45) is 0 Å². The van der Waals surface area contributed by atoms with Gasteiger partial charge in [-0.05, 0) is 30.0 Å². The molecule has 116 valence electrons. The van der Waals surface area contributed by atoms with Gasteiger partial charge in [0.1, 0.15) is 0 Å². The topological polar surface area (TPSA) is 61.4 Å². The molecular formula is C15H23N3O2S. The summed E-state index contributed by atoms with van der Waals surface area (Å²) in [4.78, 5) is 27.0. The minimum atomic E-state index is -0.0468. The Morgan fingerprint density at radius 1 is 1.33 bits per heavy atom. The molecule has 5 nitrogen and oxygen atoms in total. The van der Waals surface area contributed by atoms with Crippen molar-refractivity contribution in [2.75, 3.05) is 26.2 Å². The second-order valence-electron chi connectivity index (χ2n) is 5.14. The van der Waals surface area contributed by atoms with Gasteiger partial charge in [-0.15, -0.1) is 11.3 Å². The molecule has 0 spiro atoms. The normalized spacial score (nSPS) is 13.9. The van der Waals surface area contributed by atoms with E-state index in [-0.39, 0.29) is 18.2 Å². The van der Waals surface area contributed by atoms with Crippen molar-refractivity contribution in [1.82, 2.24) is 15.5 Å². The molecule has 6 heteroatoms. The lowest BCUT2D eigenvalue weighted by Gasteiger charge is -2.27. The Bertz CT molecular complexity index is 487. The zero-order valence-electron chi connectivity index (χ0n) is 12.5. The van der Waals surface area contributed by atoms with Crippen LogP contribution in [-0.4, -0.2) is 42.9 Å². The highest BCUT2D eigenvalue weighted by Crippen LogP contribution is 2.24. The van der Waals surface area contributed by atoms with Crippen LogP contribution < -0.4 is 10.6 Å². The van der Waals surface area contributed by atoms with Crippen LogP contribution in [0.5, 0.6) is 0 Å². The summed E-state index contributed by atoms with van der Waals surface area (Å²) < 4.78 is 0. The third-order valence-electron chi connectivity index (χ3n) is 3.60. The van der Waals surface area contributed by atoms with Crippen LogP contribution in [0.1, 0.15) is 30.2 Å². The molecule has 0 fully saturated rings. The number of thiophene rings is 1. The third kappa shape index (κ3) is 4.82. The molecule has 0 saturated heterocycles. The van der Waals surface area contributed by atoms with Crippen LogP contribution in [0.3, 0.4) is 0 Å². The molecule has 1 aromatic rings. The van der Waals surface area contributed by atoms with Gasteiger partial charge in [0.05, 0.1) is 0 Å². The summed E-state index contributed by atoms with van der Waals surface area (Å²) in [6, 6.07) is 2.09. The van der Waals surface area contributed by atoms with E-state index < -0.39 is 0 Å². The van der Waals surface area contributed by atoms with Crippen molar-refractivity contribution in [3.8, 4) is 0 Å². The lowest BCUT2D eigenvalue weighted by atomic mass is 10.1. The minimum Gasteiger partial charge on any atom is -0.355 e. The number of carbonyl (C=O) groups excluding carboxylic acids is 2. The zero-order chi connectivity index (χ0) is 15.1. The highest BCUT2D eigenvalue weighted by atomic mass is 32.1. The molecule has 1 aromatic heterocycles. The smallest absolute Gasteiger partial charge is 0.223 e. The number of nitrogens with one attached hydrogen (secondary N) is 2. The number of amides is 2. The number of hydrogen-bond acceptors (Lipinski definition) is 4. The molecule has 2 amide bonds. The average molecular weight is 309 g/mol. The molecule has 0 aromatic carbocycles. The van der Waals surface area contributed by atoms with E-state index in [9.17, 15) is 9.59 Å². The molecule has 1 aliphatic rings. The van der Waals surface area contributed by atoms with Gasteiger partial charge in [-0.25, -0.2) is 0 Å². The predicted molar refractivity (Wildman–Crippen MR) is 84.2 cm³/mol. The summed E-state index contributed by atoms with van der Waals surface area (Å²) in [5.41, 5.74) is 1.26. The van der Waals surface area contributed by atoms with Crippen molar-refractivity contribution in [3.05, 3.63) is 21.9 Å². The van der Waals surface area contributed by atoms with E-state index in [1.807, 2.05) is 11.8 Å². The summed E-state index contributed by atoms with van der Waals surface area (Å²) in [5.74, 6) is 0.0307. The Labute approximate surface area is 129 Å². The summed E-state index contributed by atoms with van der Waals surface area (Å²) in [5, 5.41) is 8.03. The number of rotatable bonds is 7. The Balaban J connectivity index is 1.67. The van der Waals surface area contributed by atoms with Gasteiger partial charge in [-0.1, -0.05) is 6.92 Å². The SMILES string of the molecule is CCNCCNC(=O)CCC(=O)N1CCc2sccc2C1. The molecule has 0 saturated carbocycles. The van der Waals surface area contributed by atoms with Crippen LogP contribution >= 0.6 is 11.3 Å². The molecule has 2 N–H and O–H groups in total. The summed E-state index contributed by atoms with van der Waals surface area (Å²) in [6.07, 6.45) is 1.51. The second kappa shape index (κ2) is 8.14. The third-order valence-corrected chi connectivity index (χ3v) is 4.62. The Morgan fingerprint density at radius 3 is 3.00 bits per heavy atom. The summed E-state index contributed by atoms with van der Waals surface area (Å²) >= 11 is 1.76. The van der Waals surface area contributed by atoms with Gasteiger partial charge in [0.25, 0.3) is 0 Å². The van der Waals surface area contributed by atoms with Crippen molar-refractivity contribution in [2.45, 2.75) is 32.7 Å². The lowest BCUT2D eigenvalue weighted by molar-refractivity contribution is -0.134. The summed E-state index contributed by atoms with van der Waals surface area (Å²) in [6.45, 7) is 5.77. The van der Waals surface area contributed by atoms with Crippen LogP contribution in [0.15, 0.2) is 11.4 Å². The van der Waals surface area contributed by atoms with Gasteiger partial charge in [0.15, 0.2) is 0 Å². The van der Waals surface area contributed by atoms with Gasteiger partial charge in [-0.2, -0.15) is 0 Å². The van der Waals surface area contributed by atoms with Crippen LogP contribution in [-0.2, 0) is 22.6 Å². The molecule has 21 heavy (non-hydrogen) atoms. The van der Waals surface area contributed by atoms with Gasteiger partial charge in [-0.3, -0.25) is 9.59 Å². The number of carbonyl (C=O) groups is 2. The molecule has 0 bridgehead atoms. The zero-order valence-corrected chi connectivity index (χ0v) is 13.3. The maximum atomic E-state index is 12.1. The van der Waals surface area contributed by atoms with Crippen molar-refractivity contribution in [3.63, 3.8) is 0 Å². The number of fused-ring (bicyclic) bond motifs is 1. The van der Waals surface area contributed by atoms with E-state index in [0.29, 0.717) is 19.5 Å². The Hall–Kier alpha value is -1.40. The number of nitrogens with zero attached hydrogens (tertiary/aromatic N) is 1. The first-order chi connectivity index (χ1) is 10.2. The standard InChI is InChI=1S/C15H23N3O2S/c1-2-16-7-8-17-14(19)3-4-15(20)18-9-5-13-12(11-18)6-10-21-13/h6,10,16H,2-5,7-9,11H2,1H3,(H,17,19). The molecular weight excluding hydrogens is 286 g/mol. The van der Waals surface area contributed by atoms with Crippen LogP contribution in [0, 0.1) is 0 Å².